The average Bonchev–Trinajstić information content (AvgIpc) is 2.87. The standard InChI is InChI=1S/C20H17NO4/c1-13-18(20(24)25-2)17(12-14-8-10-16(22)11-9-14)19(23)21(13)15-6-4-3-5-7-15/h3-12,22H,1-2H3/b17-12-. The van der Waals surface area contributed by atoms with Crippen LogP contribution in [0.15, 0.2) is 71.4 Å². The van der Waals surface area contributed by atoms with Crippen molar-refractivity contribution in [3.63, 3.8) is 0 Å². The van der Waals surface area contributed by atoms with Crippen LogP contribution in [0.4, 0.5) is 5.69 Å². The van der Waals surface area contributed by atoms with Gasteiger partial charge in [0, 0.05) is 11.4 Å². The minimum atomic E-state index is -0.561. The molecule has 0 unspecified atom stereocenters. The minimum absolute atomic E-state index is 0.130. The molecule has 0 saturated carbocycles. The molecule has 25 heavy (non-hydrogen) atoms. The number of phenols is 1. The van der Waals surface area contributed by atoms with E-state index in [9.17, 15) is 14.7 Å². The lowest BCUT2D eigenvalue weighted by Gasteiger charge is -2.17. The fourth-order valence-corrected chi connectivity index (χ4v) is 2.81. The molecule has 0 radical (unpaired) electrons. The van der Waals surface area contributed by atoms with Gasteiger partial charge in [-0.25, -0.2) is 4.79 Å². The van der Waals surface area contributed by atoms with E-state index in [4.69, 9.17) is 4.74 Å². The quantitative estimate of drug-likeness (QED) is 0.690. The van der Waals surface area contributed by atoms with Crippen molar-refractivity contribution in [3.8, 4) is 5.75 Å². The lowest BCUT2D eigenvalue weighted by molar-refractivity contribution is -0.136. The number of allylic oxidation sites excluding steroid dienone is 1. The molecule has 1 N–H and O–H groups in total. The van der Waals surface area contributed by atoms with E-state index in [1.807, 2.05) is 18.2 Å². The number of nitrogens with zero attached hydrogens (tertiary/aromatic N) is 1. The van der Waals surface area contributed by atoms with Crippen LogP contribution >= 0.6 is 0 Å². The molecule has 0 aromatic heterocycles. The molecule has 1 heterocycles. The summed E-state index contributed by atoms with van der Waals surface area (Å²) in [5, 5.41) is 9.40. The van der Waals surface area contributed by atoms with Crippen LogP contribution in [0.25, 0.3) is 6.08 Å². The molecule has 0 bridgehead atoms. The Labute approximate surface area is 145 Å². The number of esters is 1. The number of carbonyl (C=O) groups is 2. The number of ether oxygens (including phenoxy) is 1. The van der Waals surface area contributed by atoms with Crippen molar-refractivity contribution in [1.82, 2.24) is 0 Å². The Balaban J connectivity index is 2.12. The molecule has 3 rings (SSSR count). The molecule has 0 aliphatic carbocycles. The van der Waals surface area contributed by atoms with Crippen molar-refractivity contribution in [1.29, 1.82) is 0 Å². The highest BCUT2D eigenvalue weighted by atomic mass is 16.5. The Morgan fingerprint density at radius 1 is 1.08 bits per heavy atom. The summed E-state index contributed by atoms with van der Waals surface area (Å²) in [6, 6.07) is 15.5. The molecule has 5 heteroatoms. The van der Waals surface area contributed by atoms with Gasteiger partial charge in [-0.2, -0.15) is 0 Å². The van der Waals surface area contributed by atoms with Crippen molar-refractivity contribution in [3.05, 3.63) is 77.0 Å². The monoisotopic (exact) mass is 335 g/mol. The Bertz CT molecular complexity index is 880. The fraction of sp³-hybridized carbons (Fsp3) is 0.100. The van der Waals surface area contributed by atoms with E-state index >= 15 is 0 Å². The Kier molecular flexibility index (Phi) is 4.39. The van der Waals surface area contributed by atoms with Crippen molar-refractivity contribution in [2.45, 2.75) is 6.92 Å². The Hall–Kier alpha value is -3.34. The van der Waals surface area contributed by atoms with Gasteiger partial charge >= 0.3 is 5.97 Å². The first-order valence-electron chi connectivity index (χ1n) is 7.72. The van der Waals surface area contributed by atoms with Crippen LogP contribution in [0.2, 0.25) is 0 Å². The van der Waals surface area contributed by atoms with Crippen LogP contribution in [0.3, 0.4) is 0 Å². The third-order valence-corrected chi connectivity index (χ3v) is 4.01. The highest BCUT2D eigenvalue weighted by molar-refractivity contribution is 6.23. The van der Waals surface area contributed by atoms with Gasteiger partial charge in [0.15, 0.2) is 0 Å². The Morgan fingerprint density at radius 2 is 1.72 bits per heavy atom. The summed E-state index contributed by atoms with van der Waals surface area (Å²) >= 11 is 0. The molecule has 126 valence electrons. The maximum Gasteiger partial charge on any atom is 0.340 e. The summed E-state index contributed by atoms with van der Waals surface area (Å²) < 4.78 is 4.87. The van der Waals surface area contributed by atoms with E-state index in [1.165, 1.54) is 24.1 Å². The maximum atomic E-state index is 13.0. The van der Waals surface area contributed by atoms with Gasteiger partial charge in [0.25, 0.3) is 5.91 Å². The highest BCUT2D eigenvalue weighted by Gasteiger charge is 2.37. The summed E-state index contributed by atoms with van der Waals surface area (Å²) in [6.45, 7) is 1.72. The van der Waals surface area contributed by atoms with Crippen molar-refractivity contribution in [2.75, 3.05) is 12.0 Å². The Morgan fingerprint density at radius 3 is 2.32 bits per heavy atom. The molecule has 1 amide bonds. The summed E-state index contributed by atoms with van der Waals surface area (Å²) in [5.74, 6) is -0.725. The number of phenolic OH excluding ortho intramolecular Hbond substituents is 1. The fourth-order valence-electron chi connectivity index (χ4n) is 2.81. The lowest BCUT2D eigenvalue weighted by atomic mass is 10.0. The van der Waals surface area contributed by atoms with E-state index in [1.54, 1.807) is 37.3 Å². The average molecular weight is 335 g/mol. The molecule has 0 spiro atoms. The zero-order valence-corrected chi connectivity index (χ0v) is 13.9. The lowest BCUT2D eigenvalue weighted by Crippen LogP contribution is -2.24. The van der Waals surface area contributed by atoms with E-state index in [2.05, 4.69) is 0 Å². The van der Waals surface area contributed by atoms with Gasteiger partial charge in [0.05, 0.1) is 18.3 Å². The SMILES string of the molecule is COC(=O)C1=C(C)N(c2ccccc2)C(=O)/C1=C\c1ccc(O)cc1. The van der Waals surface area contributed by atoms with Crippen molar-refractivity contribution in [2.24, 2.45) is 0 Å². The second-order valence-electron chi connectivity index (χ2n) is 5.58. The van der Waals surface area contributed by atoms with Crippen LogP contribution in [0, 0.1) is 0 Å². The van der Waals surface area contributed by atoms with Crippen molar-refractivity contribution >= 4 is 23.6 Å². The van der Waals surface area contributed by atoms with Crippen LogP contribution in [-0.4, -0.2) is 24.1 Å². The van der Waals surface area contributed by atoms with E-state index < -0.39 is 5.97 Å². The van der Waals surface area contributed by atoms with Gasteiger partial charge in [-0.05, 0) is 42.8 Å². The second kappa shape index (κ2) is 6.65. The number of methoxy groups -OCH3 is 1. The zero-order chi connectivity index (χ0) is 18.0. The van der Waals surface area contributed by atoms with Crippen LogP contribution < -0.4 is 4.90 Å². The predicted octanol–water partition coefficient (Wildman–Crippen LogP) is 3.27. The number of aromatic hydroxyl groups is 1. The van der Waals surface area contributed by atoms with E-state index in [0.29, 0.717) is 16.9 Å². The second-order valence-corrected chi connectivity index (χ2v) is 5.58. The third-order valence-electron chi connectivity index (χ3n) is 4.01. The first kappa shape index (κ1) is 16.5. The molecule has 5 nitrogen and oxygen atoms in total. The number of rotatable bonds is 3. The number of hydrogen-bond donors (Lipinski definition) is 1. The highest BCUT2D eigenvalue weighted by Crippen LogP contribution is 2.35. The smallest absolute Gasteiger partial charge is 0.340 e. The van der Waals surface area contributed by atoms with Crippen molar-refractivity contribution < 1.29 is 19.4 Å². The zero-order valence-electron chi connectivity index (χ0n) is 13.9. The van der Waals surface area contributed by atoms with Crippen LogP contribution in [0.5, 0.6) is 5.75 Å². The van der Waals surface area contributed by atoms with E-state index in [-0.39, 0.29) is 22.8 Å². The molecule has 1 aliphatic heterocycles. The number of para-hydroxylation sites is 1. The molecule has 0 saturated heterocycles. The van der Waals surface area contributed by atoms with Gasteiger partial charge in [-0.15, -0.1) is 0 Å². The molecule has 2 aromatic carbocycles. The maximum absolute atomic E-state index is 13.0. The number of benzene rings is 2. The molecule has 1 aliphatic rings. The largest absolute Gasteiger partial charge is 0.508 e. The molecule has 0 fully saturated rings. The topological polar surface area (TPSA) is 66.8 Å². The number of hydrogen-bond acceptors (Lipinski definition) is 4. The summed E-state index contributed by atoms with van der Waals surface area (Å²) in [7, 11) is 1.29. The van der Waals surface area contributed by atoms with Gasteiger partial charge < -0.3 is 9.84 Å². The normalized spacial score (nSPS) is 15.8. The van der Waals surface area contributed by atoms with Gasteiger partial charge in [0.2, 0.25) is 0 Å². The first-order valence-corrected chi connectivity index (χ1v) is 7.72. The molecule has 2 aromatic rings. The van der Waals surface area contributed by atoms with Gasteiger partial charge in [-0.3, -0.25) is 9.69 Å². The van der Waals surface area contributed by atoms with Gasteiger partial charge in [0.1, 0.15) is 5.75 Å². The van der Waals surface area contributed by atoms with Crippen LogP contribution in [-0.2, 0) is 14.3 Å². The number of anilines is 1. The molecule has 0 atom stereocenters. The minimum Gasteiger partial charge on any atom is -0.508 e. The molecular formula is C20H17NO4. The van der Waals surface area contributed by atoms with Gasteiger partial charge in [-0.1, -0.05) is 30.3 Å². The number of carbonyl (C=O) groups excluding carboxylic acids is 2. The van der Waals surface area contributed by atoms with Crippen LogP contribution in [0.1, 0.15) is 12.5 Å². The summed E-state index contributed by atoms with van der Waals surface area (Å²) in [5.41, 5.74) is 2.40. The third kappa shape index (κ3) is 3.04. The molecular weight excluding hydrogens is 318 g/mol. The van der Waals surface area contributed by atoms with E-state index in [0.717, 1.165) is 0 Å². The summed E-state index contributed by atoms with van der Waals surface area (Å²) in [6.07, 6.45) is 1.63. The first-order chi connectivity index (χ1) is 12.0. The number of amides is 1. The predicted molar refractivity (Wildman–Crippen MR) is 94.7 cm³/mol. The summed E-state index contributed by atoms with van der Waals surface area (Å²) in [4.78, 5) is 26.7.